The molecular weight excluding hydrogens is 158 g/mol. The summed E-state index contributed by atoms with van der Waals surface area (Å²) in [6.07, 6.45) is 0.227. The Morgan fingerprint density at radius 3 is 3.23 bits per heavy atom. The van der Waals surface area contributed by atoms with Crippen molar-refractivity contribution < 1.29 is 5.48 Å². The van der Waals surface area contributed by atoms with Crippen LogP contribution in [0.5, 0.6) is 0 Å². The van der Waals surface area contributed by atoms with Gasteiger partial charge < -0.3 is 0 Å². The van der Waals surface area contributed by atoms with E-state index in [-0.39, 0.29) is 5.92 Å². The summed E-state index contributed by atoms with van der Waals surface area (Å²) in [5.41, 5.74) is 0.278. The minimum absolute atomic E-state index is 0.121. The first-order valence-electron chi connectivity index (χ1n) is 7.08. The minimum atomic E-state index is -1.39. The largest absolute Gasteiger partial charge is 0.293 e. The van der Waals surface area contributed by atoms with Gasteiger partial charge in [0.05, 0.1) is 0 Å². The predicted molar refractivity (Wildman–Crippen MR) is 56.8 cm³/mol. The Balaban J connectivity index is 2.45. The van der Waals surface area contributed by atoms with E-state index in [4.69, 9.17) is 5.48 Å². The molecule has 0 radical (unpaired) electrons. The van der Waals surface area contributed by atoms with E-state index in [1.165, 1.54) is 0 Å². The molecule has 0 spiro atoms. The van der Waals surface area contributed by atoms with Gasteiger partial charge in [-0.1, -0.05) is 26.0 Å². The number of fused-ring (bicyclic) bond motifs is 1. The molecule has 0 saturated carbocycles. The van der Waals surface area contributed by atoms with Gasteiger partial charge in [-0.25, -0.2) is 0 Å². The molecule has 0 N–H and O–H groups in total. The lowest BCUT2D eigenvalue weighted by molar-refractivity contribution is 0.163. The smallest absolute Gasteiger partial charge is 0.0431 e. The van der Waals surface area contributed by atoms with Crippen molar-refractivity contribution in [3.63, 3.8) is 0 Å². The van der Waals surface area contributed by atoms with Gasteiger partial charge >= 0.3 is 0 Å². The van der Waals surface area contributed by atoms with Crippen LogP contribution in [0.15, 0.2) is 12.2 Å². The molecule has 2 aliphatic rings. The van der Waals surface area contributed by atoms with Crippen LogP contribution < -0.4 is 0 Å². The van der Waals surface area contributed by atoms with Crippen LogP contribution in [0.1, 0.15) is 45.0 Å². The monoisotopic (exact) mass is 183 g/mol. The molecule has 0 aromatic heterocycles. The number of hydrogen-bond donors (Lipinski definition) is 0. The van der Waals surface area contributed by atoms with Crippen molar-refractivity contribution in [2.75, 3.05) is 13.0 Å². The lowest BCUT2D eigenvalue weighted by Crippen LogP contribution is -2.39. The zero-order valence-electron chi connectivity index (χ0n) is 12.6. The summed E-state index contributed by atoms with van der Waals surface area (Å²) in [6, 6.07) is 0. The van der Waals surface area contributed by atoms with Crippen molar-refractivity contribution in [2.24, 2.45) is 5.92 Å². The zero-order valence-corrected chi connectivity index (χ0v) is 8.56. The molecular formula is C12H21N. The van der Waals surface area contributed by atoms with Gasteiger partial charge in [0.1, 0.15) is 0 Å². The Bertz CT molecular complexity index is 350. The average Bonchev–Trinajstić information content (AvgIpc) is 2.64. The summed E-state index contributed by atoms with van der Waals surface area (Å²) in [5, 5.41) is 0. The normalized spacial score (nSPS) is 44.1. The quantitative estimate of drug-likeness (QED) is 0.595. The van der Waals surface area contributed by atoms with Crippen molar-refractivity contribution in [3.8, 4) is 0 Å². The number of hydrogen-bond acceptors (Lipinski definition) is 1. The lowest BCUT2D eigenvalue weighted by atomic mass is 9.84. The van der Waals surface area contributed by atoms with Crippen LogP contribution in [0.2, 0.25) is 0 Å². The fraction of sp³-hybridized carbons (Fsp3) is 0.833. The van der Waals surface area contributed by atoms with E-state index in [0.29, 0.717) is 25.8 Å². The SMILES string of the molecule is [2H]C1([2H])CC[C@@]2(C([2H])([2H])C(C)C)CC(=C)CN12. The van der Waals surface area contributed by atoms with Crippen molar-refractivity contribution in [1.29, 1.82) is 0 Å². The highest BCUT2D eigenvalue weighted by atomic mass is 15.2. The second kappa shape index (κ2) is 3.13. The Labute approximate surface area is 87.4 Å². The minimum Gasteiger partial charge on any atom is -0.293 e. The summed E-state index contributed by atoms with van der Waals surface area (Å²) < 4.78 is 32.8. The highest BCUT2D eigenvalue weighted by molar-refractivity contribution is 5.17. The maximum Gasteiger partial charge on any atom is 0.0431 e. The molecule has 2 aliphatic heterocycles. The van der Waals surface area contributed by atoms with E-state index in [1.54, 1.807) is 4.90 Å². The topological polar surface area (TPSA) is 3.24 Å². The molecule has 0 aromatic carbocycles. The summed E-state index contributed by atoms with van der Waals surface area (Å²) >= 11 is 0. The zero-order chi connectivity index (χ0) is 13.1. The molecule has 2 fully saturated rings. The van der Waals surface area contributed by atoms with Crippen molar-refractivity contribution in [2.45, 2.75) is 45.0 Å². The second-order valence-electron chi connectivity index (χ2n) is 4.50. The van der Waals surface area contributed by atoms with Crippen LogP contribution in [0.4, 0.5) is 0 Å². The van der Waals surface area contributed by atoms with Crippen molar-refractivity contribution in [3.05, 3.63) is 12.2 Å². The molecule has 0 unspecified atom stereocenters. The van der Waals surface area contributed by atoms with E-state index in [9.17, 15) is 0 Å². The fourth-order valence-electron chi connectivity index (χ4n) is 2.51. The van der Waals surface area contributed by atoms with Gasteiger partial charge in [0, 0.05) is 17.6 Å². The van der Waals surface area contributed by atoms with E-state index in [1.807, 2.05) is 13.8 Å². The first-order chi connectivity index (χ1) is 7.63. The third-order valence-electron chi connectivity index (χ3n) is 2.84. The molecule has 1 heteroatoms. The fourth-order valence-corrected chi connectivity index (χ4v) is 2.51. The predicted octanol–water partition coefficient (Wildman–Crippen LogP) is 2.83. The highest BCUT2D eigenvalue weighted by Gasteiger charge is 2.45. The molecule has 2 rings (SSSR count). The second-order valence-corrected chi connectivity index (χ2v) is 4.50. The molecule has 0 aromatic rings. The third-order valence-corrected chi connectivity index (χ3v) is 2.84. The molecule has 0 bridgehead atoms. The van der Waals surface area contributed by atoms with Crippen LogP contribution in [-0.2, 0) is 0 Å². The van der Waals surface area contributed by atoms with Gasteiger partial charge in [0.25, 0.3) is 0 Å². The molecule has 0 amide bonds. The third kappa shape index (κ3) is 1.54. The van der Waals surface area contributed by atoms with E-state index in [0.717, 1.165) is 5.57 Å². The van der Waals surface area contributed by atoms with E-state index < -0.39 is 18.4 Å². The summed E-state index contributed by atoms with van der Waals surface area (Å²) in [7, 11) is 0. The van der Waals surface area contributed by atoms with Gasteiger partial charge in [-0.2, -0.15) is 0 Å². The first kappa shape index (κ1) is 5.55. The van der Waals surface area contributed by atoms with E-state index >= 15 is 0 Å². The first-order valence-corrected chi connectivity index (χ1v) is 5.08. The summed E-state index contributed by atoms with van der Waals surface area (Å²) in [6.45, 7) is 6.81. The standard InChI is InChI=1S/C12H21N/c1-10(2)7-12-5-4-6-13(12)9-11(3)8-12/h10H,3-9H2,1-2H3/t12-/m1/s1/i6D2,7D2. The molecule has 2 saturated heterocycles. The molecule has 1 atom stereocenters. The van der Waals surface area contributed by atoms with Crippen molar-refractivity contribution in [1.82, 2.24) is 4.90 Å². The Morgan fingerprint density at radius 1 is 1.77 bits per heavy atom. The average molecular weight is 183 g/mol. The summed E-state index contributed by atoms with van der Waals surface area (Å²) in [5.74, 6) is -0.121. The highest BCUT2D eigenvalue weighted by Crippen LogP contribution is 2.44. The van der Waals surface area contributed by atoms with Gasteiger partial charge in [0.2, 0.25) is 0 Å². The van der Waals surface area contributed by atoms with Crippen LogP contribution >= 0.6 is 0 Å². The van der Waals surface area contributed by atoms with Gasteiger partial charge in [-0.15, -0.1) is 0 Å². The van der Waals surface area contributed by atoms with Crippen molar-refractivity contribution >= 4 is 0 Å². The molecule has 13 heavy (non-hydrogen) atoms. The van der Waals surface area contributed by atoms with E-state index in [2.05, 4.69) is 6.58 Å². The van der Waals surface area contributed by atoms with Crippen LogP contribution in [0.25, 0.3) is 0 Å². The summed E-state index contributed by atoms with van der Waals surface area (Å²) in [4.78, 5) is 1.72. The van der Waals surface area contributed by atoms with Gasteiger partial charge in [-0.05, 0) is 38.1 Å². The number of rotatable bonds is 2. The Morgan fingerprint density at radius 2 is 2.54 bits per heavy atom. The molecule has 74 valence electrons. The molecule has 1 nitrogen and oxygen atoms in total. The molecule has 0 aliphatic carbocycles. The lowest BCUT2D eigenvalue weighted by Gasteiger charge is -2.33. The Kier molecular flexibility index (Phi) is 1.33. The van der Waals surface area contributed by atoms with Gasteiger partial charge in [0.15, 0.2) is 0 Å². The van der Waals surface area contributed by atoms with Crippen LogP contribution in [0.3, 0.4) is 0 Å². The van der Waals surface area contributed by atoms with Crippen LogP contribution in [0, 0.1) is 5.92 Å². The maximum absolute atomic E-state index is 8.38. The van der Waals surface area contributed by atoms with Crippen LogP contribution in [-0.4, -0.2) is 23.5 Å². The molecule has 2 heterocycles. The maximum atomic E-state index is 8.38. The van der Waals surface area contributed by atoms with Gasteiger partial charge in [-0.3, -0.25) is 4.90 Å². The number of nitrogens with zero attached hydrogens (tertiary/aromatic N) is 1. The Hall–Kier alpha value is -0.300.